The summed E-state index contributed by atoms with van der Waals surface area (Å²) in [7, 11) is 1.23. The Bertz CT molecular complexity index is 1180. The summed E-state index contributed by atoms with van der Waals surface area (Å²) < 4.78 is 37.9. The maximum absolute atomic E-state index is 12.3. The number of carbonyl (C=O) groups excluding carboxylic acids is 1. The highest BCUT2D eigenvalue weighted by Crippen LogP contribution is 2.34. The van der Waals surface area contributed by atoms with E-state index < -0.39 is 21.5 Å². The van der Waals surface area contributed by atoms with Crippen molar-refractivity contribution >= 4 is 37.3 Å². The minimum absolute atomic E-state index is 0.199. The first-order valence-corrected chi connectivity index (χ1v) is 11.0. The first-order chi connectivity index (χ1) is 13.3. The molecule has 3 aromatic rings. The highest BCUT2D eigenvalue weighted by Gasteiger charge is 2.19. The number of carbonyl (C=O) groups is 1. The minimum Gasteiger partial charge on any atom is -0.495 e. The molecule has 0 saturated carbocycles. The third kappa shape index (κ3) is 4.26. The van der Waals surface area contributed by atoms with E-state index in [1.54, 1.807) is 68.3 Å². The molecule has 1 amide bonds. The van der Waals surface area contributed by atoms with Crippen molar-refractivity contribution < 1.29 is 22.7 Å². The topological polar surface area (TPSA) is 87.0 Å². The summed E-state index contributed by atoms with van der Waals surface area (Å²) >= 11 is 1.24. The molecule has 0 radical (unpaired) electrons. The second-order valence-electron chi connectivity index (χ2n) is 6.11. The summed E-state index contributed by atoms with van der Waals surface area (Å²) in [5.41, 5.74) is 1.36. The molecule has 0 spiro atoms. The Labute approximate surface area is 166 Å². The number of rotatable bonds is 6. The molecule has 0 saturated heterocycles. The lowest BCUT2D eigenvalue weighted by Gasteiger charge is -2.06. The van der Waals surface area contributed by atoms with Gasteiger partial charge in [0.25, 0.3) is 5.91 Å². The van der Waals surface area contributed by atoms with Crippen LogP contribution >= 0.6 is 11.3 Å². The molecule has 1 aromatic heterocycles. The van der Waals surface area contributed by atoms with Gasteiger partial charge in [-0.3, -0.25) is 4.79 Å². The van der Waals surface area contributed by atoms with Gasteiger partial charge in [-0.25, -0.2) is 8.42 Å². The molecule has 148 valence electrons. The largest absolute Gasteiger partial charge is 0.495 e. The Morgan fingerprint density at radius 3 is 2.36 bits per heavy atom. The number of amides is 1. The van der Waals surface area contributed by atoms with E-state index in [4.69, 9.17) is 9.47 Å². The van der Waals surface area contributed by atoms with Crippen molar-refractivity contribution in [3.8, 4) is 11.5 Å². The van der Waals surface area contributed by atoms with Gasteiger partial charge in [0.2, 0.25) is 0 Å². The third-order valence-electron chi connectivity index (χ3n) is 4.11. The summed E-state index contributed by atoms with van der Waals surface area (Å²) in [6.45, 7) is 0. The second-order valence-corrected chi connectivity index (χ2v) is 9.16. The van der Waals surface area contributed by atoms with E-state index in [0.29, 0.717) is 21.9 Å². The van der Waals surface area contributed by atoms with E-state index in [0.717, 1.165) is 10.2 Å². The van der Waals surface area contributed by atoms with Crippen molar-refractivity contribution in [2.24, 2.45) is 12.0 Å². The number of aryl methyl sites for hydroxylation is 1. The van der Waals surface area contributed by atoms with Crippen molar-refractivity contribution in [1.29, 1.82) is 0 Å². The van der Waals surface area contributed by atoms with Gasteiger partial charge >= 0.3 is 0 Å². The minimum atomic E-state index is -3.62. The van der Waals surface area contributed by atoms with Crippen LogP contribution in [-0.2, 0) is 27.4 Å². The van der Waals surface area contributed by atoms with Crippen LogP contribution in [0.1, 0.15) is 5.56 Å². The quantitative estimate of drug-likeness (QED) is 0.611. The highest BCUT2D eigenvalue weighted by molar-refractivity contribution is 7.91. The molecule has 0 aliphatic rings. The SMILES string of the molecule is COc1ccc(OC)c2c1sc(=NC(=O)CS(=O)(=O)Cc1ccccc1)n2C. The Morgan fingerprint density at radius 2 is 1.71 bits per heavy atom. The number of hydrogen-bond donors (Lipinski definition) is 0. The van der Waals surface area contributed by atoms with Gasteiger partial charge < -0.3 is 14.0 Å². The van der Waals surface area contributed by atoms with Gasteiger partial charge in [0.15, 0.2) is 14.6 Å². The van der Waals surface area contributed by atoms with Crippen LogP contribution in [-0.4, -0.2) is 38.9 Å². The smallest absolute Gasteiger partial charge is 0.263 e. The molecule has 0 unspecified atom stereocenters. The highest BCUT2D eigenvalue weighted by atomic mass is 32.2. The van der Waals surface area contributed by atoms with Crippen LogP contribution < -0.4 is 14.3 Å². The molecule has 0 atom stereocenters. The number of methoxy groups -OCH3 is 2. The Hall–Kier alpha value is -2.65. The molecule has 0 N–H and O–H groups in total. The fourth-order valence-electron chi connectivity index (χ4n) is 2.84. The van der Waals surface area contributed by atoms with E-state index in [2.05, 4.69) is 4.99 Å². The molecule has 0 bridgehead atoms. The number of fused-ring (bicyclic) bond motifs is 1. The molecular formula is C19H20N2O5S2. The number of aromatic nitrogens is 1. The second kappa shape index (κ2) is 8.15. The van der Waals surface area contributed by atoms with E-state index >= 15 is 0 Å². The fourth-order valence-corrected chi connectivity index (χ4v) is 5.22. The van der Waals surface area contributed by atoms with Gasteiger partial charge in [0, 0.05) is 7.05 Å². The van der Waals surface area contributed by atoms with E-state index in [1.807, 2.05) is 0 Å². The first-order valence-electron chi connectivity index (χ1n) is 8.37. The van der Waals surface area contributed by atoms with Crippen molar-refractivity contribution in [3.05, 3.63) is 52.8 Å². The van der Waals surface area contributed by atoms with Crippen molar-refractivity contribution in [3.63, 3.8) is 0 Å². The van der Waals surface area contributed by atoms with Gasteiger partial charge in [-0.15, -0.1) is 0 Å². The van der Waals surface area contributed by atoms with Crippen molar-refractivity contribution in [1.82, 2.24) is 4.57 Å². The normalized spacial score (nSPS) is 12.3. The zero-order chi connectivity index (χ0) is 20.3. The van der Waals surface area contributed by atoms with E-state index in [-0.39, 0.29) is 5.75 Å². The maximum atomic E-state index is 12.3. The lowest BCUT2D eigenvalue weighted by molar-refractivity contribution is -0.115. The third-order valence-corrected chi connectivity index (χ3v) is 6.71. The lowest BCUT2D eigenvalue weighted by atomic mass is 10.2. The first kappa shape index (κ1) is 20.1. The predicted octanol–water partition coefficient (Wildman–Crippen LogP) is 2.30. The van der Waals surface area contributed by atoms with Crippen LogP contribution in [0.2, 0.25) is 0 Å². The van der Waals surface area contributed by atoms with Crippen LogP contribution in [0.15, 0.2) is 47.5 Å². The van der Waals surface area contributed by atoms with Crippen molar-refractivity contribution in [2.75, 3.05) is 20.0 Å². The number of sulfone groups is 1. The lowest BCUT2D eigenvalue weighted by Crippen LogP contribution is -2.20. The molecule has 28 heavy (non-hydrogen) atoms. The molecule has 9 heteroatoms. The molecule has 7 nitrogen and oxygen atoms in total. The molecule has 1 heterocycles. The summed E-state index contributed by atoms with van der Waals surface area (Å²) in [5, 5.41) is 0. The fraction of sp³-hybridized carbons (Fsp3) is 0.263. The summed E-state index contributed by atoms with van der Waals surface area (Å²) in [6, 6.07) is 12.3. The summed E-state index contributed by atoms with van der Waals surface area (Å²) in [4.78, 5) is 16.7. The number of ether oxygens (including phenoxy) is 2. The van der Waals surface area contributed by atoms with Crippen LogP contribution in [0, 0.1) is 0 Å². The van der Waals surface area contributed by atoms with Crippen LogP contribution in [0.25, 0.3) is 10.2 Å². The standard InChI is InChI=1S/C19H20N2O5S2/c1-21-17-14(25-2)9-10-15(26-3)18(17)27-19(21)20-16(22)12-28(23,24)11-13-7-5-4-6-8-13/h4-10H,11-12H2,1-3H3. The van der Waals surface area contributed by atoms with Gasteiger partial charge in [-0.1, -0.05) is 41.7 Å². The Balaban J connectivity index is 1.94. The number of nitrogens with zero attached hydrogens (tertiary/aromatic N) is 2. The number of hydrogen-bond acceptors (Lipinski definition) is 6. The zero-order valence-electron chi connectivity index (χ0n) is 15.7. The van der Waals surface area contributed by atoms with E-state index in [1.165, 1.54) is 11.3 Å². The van der Waals surface area contributed by atoms with E-state index in [9.17, 15) is 13.2 Å². The summed E-state index contributed by atoms with van der Waals surface area (Å²) in [5.74, 6) is -0.321. The summed E-state index contributed by atoms with van der Waals surface area (Å²) in [6.07, 6.45) is 0. The van der Waals surface area contributed by atoms with Crippen molar-refractivity contribution in [2.45, 2.75) is 5.75 Å². The average Bonchev–Trinajstić information content (AvgIpc) is 2.97. The zero-order valence-corrected chi connectivity index (χ0v) is 17.3. The van der Waals surface area contributed by atoms with Crippen LogP contribution in [0.3, 0.4) is 0 Å². The molecule has 0 aliphatic heterocycles. The van der Waals surface area contributed by atoms with Crippen LogP contribution in [0.4, 0.5) is 0 Å². The van der Waals surface area contributed by atoms with Crippen LogP contribution in [0.5, 0.6) is 11.5 Å². The van der Waals surface area contributed by atoms with Gasteiger partial charge in [0.1, 0.15) is 27.5 Å². The average molecular weight is 421 g/mol. The maximum Gasteiger partial charge on any atom is 0.263 e. The Morgan fingerprint density at radius 1 is 1.07 bits per heavy atom. The predicted molar refractivity (Wildman–Crippen MR) is 108 cm³/mol. The van der Waals surface area contributed by atoms with Gasteiger partial charge in [0.05, 0.1) is 20.0 Å². The Kier molecular flexibility index (Phi) is 5.85. The number of thiazole rings is 1. The molecule has 0 aliphatic carbocycles. The van der Waals surface area contributed by atoms with Gasteiger partial charge in [-0.2, -0.15) is 4.99 Å². The molecule has 2 aromatic carbocycles. The molecule has 3 rings (SSSR count). The van der Waals surface area contributed by atoms with Gasteiger partial charge in [-0.05, 0) is 17.7 Å². The molecule has 0 fully saturated rings. The molecular weight excluding hydrogens is 400 g/mol. The monoisotopic (exact) mass is 420 g/mol. The number of benzene rings is 2.